The van der Waals surface area contributed by atoms with Crippen molar-refractivity contribution >= 4 is 0 Å². The van der Waals surface area contributed by atoms with Crippen molar-refractivity contribution in [2.24, 2.45) is 5.92 Å². The summed E-state index contributed by atoms with van der Waals surface area (Å²) in [6, 6.07) is 1.42. The van der Waals surface area contributed by atoms with Crippen LogP contribution in [0.15, 0.2) is 0 Å². The third-order valence-corrected chi connectivity index (χ3v) is 3.90. The second kappa shape index (κ2) is 5.86. The van der Waals surface area contributed by atoms with Gasteiger partial charge in [-0.1, -0.05) is 25.7 Å². The quantitative estimate of drug-likeness (QED) is 0.772. The van der Waals surface area contributed by atoms with Crippen LogP contribution < -0.4 is 5.32 Å². The van der Waals surface area contributed by atoms with Gasteiger partial charge in [-0.25, -0.2) is 0 Å². The molecule has 2 heteroatoms. The molecular weight excluding hydrogens is 186 g/mol. The molecule has 2 nitrogen and oxygen atoms in total. The van der Waals surface area contributed by atoms with E-state index in [0.717, 1.165) is 25.2 Å². The normalized spacial score (nSPS) is 27.0. The molecule has 2 aliphatic rings. The first kappa shape index (κ1) is 11.4. The van der Waals surface area contributed by atoms with Gasteiger partial charge in [0.15, 0.2) is 0 Å². The molecule has 0 aromatic rings. The van der Waals surface area contributed by atoms with Gasteiger partial charge in [0.25, 0.3) is 0 Å². The standard InChI is InChI=1S/C13H25NO/c1-11(10-12-4-2-3-5-12)14-13-6-8-15-9-7-13/h11-14H,2-10H2,1H3. The molecule has 1 atom stereocenters. The Bertz CT molecular complexity index is 171. The maximum atomic E-state index is 5.37. The lowest BCUT2D eigenvalue weighted by Gasteiger charge is -2.28. The van der Waals surface area contributed by atoms with E-state index in [9.17, 15) is 0 Å². The number of hydrogen-bond donors (Lipinski definition) is 1. The average Bonchev–Trinajstić information content (AvgIpc) is 2.71. The highest BCUT2D eigenvalue weighted by molar-refractivity contribution is 4.77. The summed E-state index contributed by atoms with van der Waals surface area (Å²) < 4.78 is 5.37. The number of hydrogen-bond acceptors (Lipinski definition) is 2. The van der Waals surface area contributed by atoms with E-state index in [-0.39, 0.29) is 0 Å². The van der Waals surface area contributed by atoms with Crippen LogP contribution in [0, 0.1) is 5.92 Å². The molecule has 1 saturated carbocycles. The molecule has 1 unspecified atom stereocenters. The van der Waals surface area contributed by atoms with E-state index >= 15 is 0 Å². The van der Waals surface area contributed by atoms with Crippen molar-refractivity contribution in [3.63, 3.8) is 0 Å². The highest BCUT2D eigenvalue weighted by Gasteiger charge is 2.20. The van der Waals surface area contributed by atoms with Crippen LogP contribution >= 0.6 is 0 Å². The summed E-state index contributed by atoms with van der Waals surface area (Å²) in [5, 5.41) is 3.77. The molecule has 0 spiro atoms. The number of rotatable bonds is 4. The molecule has 1 saturated heterocycles. The minimum absolute atomic E-state index is 0.705. The predicted molar refractivity (Wildman–Crippen MR) is 63.0 cm³/mol. The van der Waals surface area contributed by atoms with E-state index in [4.69, 9.17) is 4.74 Å². The summed E-state index contributed by atoms with van der Waals surface area (Å²) in [6.07, 6.45) is 9.67. The van der Waals surface area contributed by atoms with E-state index in [2.05, 4.69) is 12.2 Å². The van der Waals surface area contributed by atoms with E-state index in [1.165, 1.54) is 44.9 Å². The van der Waals surface area contributed by atoms with Gasteiger partial charge < -0.3 is 10.1 Å². The number of nitrogens with one attached hydrogen (secondary N) is 1. The molecule has 15 heavy (non-hydrogen) atoms. The summed E-state index contributed by atoms with van der Waals surface area (Å²) in [5.74, 6) is 1.01. The van der Waals surface area contributed by atoms with Crippen molar-refractivity contribution in [2.75, 3.05) is 13.2 Å². The van der Waals surface area contributed by atoms with Gasteiger partial charge >= 0.3 is 0 Å². The topological polar surface area (TPSA) is 21.3 Å². The predicted octanol–water partition coefficient (Wildman–Crippen LogP) is 2.72. The van der Waals surface area contributed by atoms with Crippen LogP contribution in [0.5, 0.6) is 0 Å². The Morgan fingerprint density at radius 3 is 2.47 bits per heavy atom. The molecule has 0 aromatic carbocycles. The third kappa shape index (κ3) is 3.76. The van der Waals surface area contributed by atoms with Crippen LogP contribution in [0.3, 0.4) is 0 Å². The van der Waals surface area contributed by atoms with Crippen molar-refractivity contribution in [1.82, 2.24) is 5.32 Å². The molecule has 1 aliphatic heterocycles. The highest BCUT2D eigenvalue weighted by atomic mass is 16.5. The SMILES string of the molecule is CC(CC1CCCC1)NC1CCOCC1. The first-order valence-corrected chi connectivity index (χ1v) is 6.68. The van der Waals surface area contributed by atoms with Crippen molar-refractivity contribution in [1.29, 1.82) is 0 Å². The second-order valence-electron chi connectivity index (χ2n) is 5.34. The maximum absolute atomic E-state index is 5.37. The molecule has 0 radical (unpaired) electrons. The highest BCUT2D eigenvalue weighted by Crippen LogP contribution is 2.28. The molecular formula is C13H25NO. The van der Waals surface area contributed by atoms with Gasteiger partial charge in [-0.3, -0.25) is 0 Å². The van der Waals surface area contributed by atoms with E-state index in [1.807, 2.05) is 0 Å². The fraction of sp³-hybridized carbons (Fsp3) is 1.00. The zero-order valence-corrected chi connectivity index (χ0v) is 10.0. The molecule has 0 amide bonds. The van der Waals surface area contributed by atoms with Crippen LogP contribution in [0.1, 0.15) is 51.9 Å². The summed E-state index contributed by atoms with van der Waals surface area (Å²) in [7, 11) is 0. The van der Waals surface area contributed by atoms with E-state index < -0.39 is 0 Å². The fourth-order valence-corrected chi connectivity index (χ4v) is 3.08. The Hall–Kier alpha value is -0.0800. The zero-order chi connectivity index (χ0) is 10.5. The molecule has 2 rings (SSSR count). The van der Waals surface area contributed by atoms with Gasteiger partial charge in [0.05, 0.1) is 0 Å². The fourth-order valence-electron chi connectivity index (χ4n) is 3.08. The molecule has 1 N–H and O–H groups in total. The largest absolute Gasteiger partial charge is 0.381 e. The van der Waals surface area contributed by atoms with Gasteiger partial charge in [-0.15, -0.1) is 0 Å². The maximum Gasteiger partial charge on any atom is 0.0480 e. The van der Waals surface area contributed by atoms with Crippen molar-refractivity contribution in [3.8, 4) is 0 Å². The van der Waals surface area contributed by atoms with E-state index in [1.54, 1.807) is 0 Å². The van der Waals surface area contributed by atoms with Crippen molar-refractivity contribution < 1.29 is 4.74 Å². The minimum atomic E-state index is 0.705. The lowest BCUT2D eigenvalue weighted by molar-refractivity contribution is 0.0745. The summed E-state index contributed by atoms with van der Waals surface area (Å²) >= 11 is 0. The minimum Gasteiger partial charge on any atom is -0.381 e. The molecule has 88 valence electrons. The van der Waals surface area contributed by atoms with Gasteiger partial charge in [0.1, 0.15) is 0 Å². The van der Waals surface area contributed by atoms with Gasteiger partial charge in [-0.05, 0) is 32.1 Å². The lowest BCUT2D eigenvalue weighted by Crippen LogP contribution is -2.40. The molecule has 1 heterocycles. The second-order valence-corrected chi connectivity index (χ2v) is 5.34. The Morgan fingerprint density at radius 1 is 1.13 bits per heavy atom. The van der Waals surface area contributed by atoms with Crippen LogP contribution in [-0.4, -0.2) is 25.3 Å². The summed E-state index contributed by atoms with van der Waals surface area (Å²) in [4.78, 5) is 0. The van der Waals surface area contributed by atoms with Crippen LogP contribution in [-0.2, 0) is 4.74 Å². The van der Waals surface area contributed by atoms with Gasteiger partial charge in [-0.2, -0.15) is 0 Å². The summed E-state index contributed by atoms with van der Waals surface area (Å²) in [6.45, 7) is 4.26. The molecule has 0 aromatic heterocycles. The Kier molecular flexibility index (Phi) is 4.45. The van der Waals surface area contributed by atoms with Gasteiger partial charge in [0, 0.05) is 25.3 Å². The Labute approximate surface area is 93.8 Å². The summed E-state index contributed by atoms with van der Waals surface area (Å²) in [5.41, 5.74) is 0. The average molecular weight is 211 g/mol. The molecule has 1 aliphatic carbocycles. The molecule has 0 bridgehead atoms. The molecule has 2 fully saturated rings. The van der Waals surface area contributed by atoms with Crippen LogP contribution in [0.25, 0.3) is 0 Å². The zero-order valence-electron chi connectivity index (χ0n) is 10.0. The lowest BCUT2D eigenvalue weighted by atomic mass is 9.98. The first-order chi connectivity index (χ1) is 7.34. The van der Waals surface area contributed by atoms with Crippen molar-refractivity contribution in [3.05, 3.63) is 0 Å². The van der Waals surface area contributed by atoms with E-state index in [0.29, 0.717) is 6.04 Å². The Morgan fingerprint density at radius 2 is 1.80 bits per heavy atom. The van der Waals surface area contributed by atoms with Gasteiger partial charge in [0.2, 0.25) is 0 Å². The van der Waals surface area contributed by atoms with Crippen LogP contribution in [0.4, 0.5) is 0 Å². The van der Waals surface area contributed by atoms with Crippen molar-refractivity contribution in [2.45, 2.75) is 64.0 Å². The smallest absolute Gasteiger partial charge is 0.0480 e. The van der Waals surface area contributed by atoms with Crippen LogP contribution in [0.2, 0.25) is 0 Å². The monoisotopic (exact) mass is 211 g/mol. The first-order valence-electron chi connectivity index (χ1n) is 6.68. The number of ether oxygens (including phenoxy) is 1. The Balaban J connectivity index is 1.64. The third-order valence-electron chi connectivity index (χ3n) is 3.90.